The summed E-state index contributed by atoms with van der Waals surface area (Å²) in [6.45, 7) is 9.08. The highest BCUT2D eigenvalue weighted by molar-refractivity contribution is 5.90. The number of rotatable bonds is 11. The van der Waals surface area contributed by atoms with Crippen molar-refractivity contribution in [1.29, 1.82) is 0 Å². The van der Waals surface area contributed by atoms with E-state index < -0.39 is 18.5 Å². The molecule has 0 spiro atoms. The Bertz CT molecular complexity index is 1530. The number of hydrogen-bond donors (Lipinski definition) is 1. The molecule has 3 aromatic rings. The van der Waals surface area contributed by atoms with Crippen LogP contribution < -0.4 is 9.47 Å². The molecule has 1 fully saturated rings. The van der Waals surface area contributed by atoms with Crippen LogP contribution in [-0.4, -0.2) is 37.4 Å². The van der Waals surface area contributed by atoms with Crippen LogP contribution in [0.5, 0.6) is 11.5 Å². The smallest absolute Gasteiger partial charge is 0.341 e. The number of ether oxygens (including phenoxy) is 3. The topological polar surface area (TPSA) is 82.1 Å². The van der Waals surface area contributed by atoms with Gasteiger partial charge in [-0.15, -0.1) is 0 Å². The molecule has 44 heavy (non-hydrogen) atoms. The third kappa shape index (κ3) is 8.79. The second-order valence-electron chi connectivity index (χ2n) is 11.2. The van der Waals surface area contributed by atoms with Gasteiger partial charge in [-0.05, 0) is 90.6 Å². The van der Waals surface area contributed by atoms with Gasteiger partial charge in [0.2, 0.25) is 0 Å². The van der Waals surface area contributed by atoms with Gasteiger partial charge in [0, 0.05) is 12.7 Å². The Balaban J connectivity index is 1.54. The van der Waals surface area contributed by atoms with E-state index in [4.69, 9.17) is 14.2 Å². The number of carbonyl (C=O) groups excluding carboxylic acids is 2. The molecule has 0 saturated heterocycles. The van der Waals surface area contributed by atoms with Crippen LogP contribution in [0, 0.1) is 17.8 Å². The third-order valence-corrected chi connectivity index (χ3v) is 7.93. The summed E-state index contributed by atoms with van der Waals surface area (Å²) in [6.07, 6.45) is 7.68. The number of esters is 2. The van der Waals surface area contributed by atoms with Crippen molar-refractivity contribution in [2.45, 2.75) is 51.4 Å². The van der Waals surface area contributed by atoms with Gasteiger partial charge >= 0.3 is 11.9 Å². The average molecular weight is 593 g/mol. The van der Waals surface area contributed by atoms with Crippen molar-refractivity contribution in [1.82, 2.24) is 0 Å². The molecule has 0 radical (unpaired) electrons. The molecule has 3 aromatic carbocycles. The first-order valence-corrected chi connectivity index (χ1v) is 15.1. The summed E-state index contributed by atoms with van der Waals surface area (Å²) < 4.78 is 15.8. The molecule has 4 rings (SSSR count). The predicted molar refractivity (Wildman–Crippen MR) is 172 cm³/mol. The zero-order chi connectivity index (χ0) is 31.5. The van der Waals surface area contributed by atoms with Crippen LogP contribution in [0.2, 0.25) is 0 Å². The normalized spacial score (nSPS) is 15.9. The average Bonchev–Trinajstić information content (AvgIpc) is 3.05. The van der Waals surface area contributed by atoms with Crippen LogP contribution in [0.3, 0.4) is 0 Å². The van der Waals surface area contributed by atoms with Crippen LogP contribution in [0.25, 0.3) is 11.1 Å². The molecule has 1 aliphatic rings. The van der Waals surface area contributed by atoms with Crippen LogP contribution in [-0.2, 0) is 14.3 Å². The van der Waals surface area contributed by atoms with Gasteiger partial charge in [-0.2, -0.15) is 0 Å². The molecule has 1 aliphatic carbocycles. The Hall–Kier alpha value is -4.44. The van der Waals surface area contributed by atoms with Gasteiger partial charge < -0.3 is 19.3 Å². The number of carbonyl (C=O) groups is 2. The van der Waals surface area contributed by atoms with E-state index >= 15 is 0 Å². The van der Waals surface area contributed by atoms with Gasteiger partial charge in [0.25, 0.3) is 0 Å². The molecule has 1 N–H and O–H groups in total. The minimum atomic E-state index is -0.720. The summed E-state index contributed by atoms with van der Waals surface area (Å²) >= 11 is 0. The predicted octanol–water partition coefficient (Wildman–Crippen LogP) is 7.39. The summed E-state index contributed by atoms with van der Waals surface area (Å²) in [5.41, 5.74) is 4.57. The van der Waals surface area contributed by atoms with Gasteiger partial charge in [0.05, 0.1) is 29.9 Å². The van der Waals surface area contributed by atoms with Crippen LogP contribution in [0.15, 0.2) is 91.0 Å². The highest BCUT2D eigenvalue weighted by Crippen LogP contribution is 2.37. The van der Waals surface area contributed by atoms with E-state index in [0.29, 0.717) is 17.2 Å². The zero-order valence-corrected chi connectivity index (χ0v) is 25.6. The molecule has 228 valence electrons. The van der Waals surface area contributed by atoms with Crippen molar-refractivity contribution < 1.29 is 28.9 Å². The first kappa shape index (κ1) is 32.5. The molecule has 0 unspecified atom stereocenters. The Morgan fingerprint density at radius 3 is 2.14 bits per heavy atom. The maximum absolute atomic E-state index is 12.4. The lowest BCUT2D eigenvalue weighted by Gasteiger charge is -2.28. The molecular weight excluding hydrogens is 552 g/mol. The highest BCUT2D eigenvalue weighted by Gasteiger charge is 2.21. The van der Waals surface area contributed by atoms with Crippen molar-refractivity contribution in [3.05, 3.63) is 108 Å². The molecule has 0 atom stereocenters. The molecule has 6 heteroatoms. The molecule has 0 amide bonds. The molecular formula is C38H40O6. The van der Waals surface area contributed by atoms with Crippen molar-refractivity contribution in [3.8, 4) is 34.5 Å². The second-order valence-corrected chi connectivity index (χ2v) is 11.2. The molecule has 0 aromatic heterocycles. The Morgan fingerprint density at radius 1 is 0.841 bits per heavy atom. The van der Waals surface area contributed by atoms with E-state index in [1.165, 1.54) is 51.2 Å². The summed E-state index contributed by atoms with van der Waals surface area (Å²) in [5, 5.41) is 9.31. The lowest BCUT2D eigenvalue weighted by atomic mass is 9.77. The number of benzene rings is 3. The van der Waals surface area contributed by atoms with E-state index in [-0.39, 0.29) is 23.5 Å². The van der Waals surface area contributed by atoms with E-state index in [1.54, 1.807) is 24.3 Å². The molecule has 0 heterocycles. The first-order chi connectivity index (χ1) is 21.3. The highest BCUT2D eigenvalue weighted by atomic mass is 16.5. The Morgan fingerprint density at radius 2 is 1.50 bits per heavy atom. The standard InChI is InChI=1S/C38H40O6/c1-5-6-28-7-12-30(13-8-28)31-14-9-29(10-15-31)11-16-34-23-33(19-22-36(34)44-37(40)26(2)24-39)32-17-20-35(21-18-32)43-38(41)27(3)25-42-4/h9-10,14-15,17-23,28,30,39H,2-3,5-8,12-13,24-25H2,1,4H3. The SMILES string of the molecule is C=C(COC)C(=O)Oc1ccc(-c2ccc(OC(=O)C(=C)CO)c(C#Cc3ccc(C4CCC(CCC)CC4)cc3)c2)cc1. The van der Waals surface area contributed by atoms with Crippen molar-refractivity contribution in [2.75, 3.05) is 20.3 Å². The summed E-state index contributed by atoms with van der Waals surface area (Å²) in [7, 11) is 1.48. The first-order valence-electron chi connectivity index (χ1n) is 15.1. The third-order valence-electron chi connectivity index (χ3n) is 7.93. The fourth-order valence-corrected chi connectivity index (χ4v) is 5.43. The maximum atomic E-state index is 12.4. The van der Waals surface area contributed by atoms with E-state index in [1.807, 2.05) is 30.3 Å². The van der Waals surface area contributed by atoms with Crippen molar-refractivity contribution in [2.24, 2.45) is 5.92 Å². The van der Waals surface area contributed by atoms with Gasteiger partial charge in [-0.25, -0.2) is 9.59 Å². The number of hydrogen-bond acceptors (Lipinski definition) is 6. The monoisotopic (exact) mass is 592 g/mol. The van der Waals surface area contributed by atoms with Crippen molar-refractivity contribution >= 4 is 11.9 Å². The molecule has 0 aliphatic heterocycles. The van der Waals surface area contributed by atoms with E-state index in [0.717, 1.165) is 22.6 Å². The minimum Gasteiger partial charge on any atom is -0.423 e. The summed E-state index contributed by atoms with van der Waals surface area (Å²) in [4.78, 5) is 24.5. The van der Waals surface area contributed by atoms with Crippen LogP contribution in [0.4, 0.5) is 0 Å². The lowest BCUT2D eigenvalue weighted by molar-refractivity contribution is -0.131. The minimum absolute atomic E-state index is 0.0504. The number of methoxy groups -OCH3 is 1. The maximum Gasteiger partial charge on any atom is 0.341 e. The Labute approximate surface area is 260 Å². The lowest BCUT2D eigenvalue weighted by Crippen LogP contribution is -2.13. The van der Waals surface area contributed by atoms with Crippen LogP contribution >= 0.6 is 0 Å². The van der Waals surface area contributed by atoms with Gasteiger partial charge in [0.15, 0.2) is 0 Å². The molecule has 6 nitrogen and oxygen atoms in total. The van der Waals surface area contributed by atoms with Gasteiger partial charge in [-0.3, -0.25) is 0 Å². The van der Waals surface area contributed by atoms with Crippen molar-refractivity contribution in [3.63, 3.8) is 0 Å². The summed E-state index contributed by atoms with van der Waals surface area (Å²) in [6, 6.07) is 20.8. The second kappa shape index (κ2) is 15.9. The number of aliphatic hydroxyl groups is 1. The quantitative estimate of drug-likeness (QED) is 0.108. The largest absolute Gasteiger partial charge is 0.423 e. The summed E-state index contributed by atoms with van der Waals surface area (Å²) in [5.74, 6) is 7.23. The van der Waals surface area contributed by atoms with E-state index in [9.17, 15) is 14.7 Å². The van der Waals surface area contributed by atoms with Gasteiger partial charge in [-0.1, -0.05) is 75.1 Å². The molecule has 0 bridgehead atoms. The van der Waals surface area contributed by atoms with Gasteiger partial charge in [0.1, 0.15) is 11.5 Å². The fourth-order valence-electron chi connectivity index (χ4n) is 5.43. The zero-order valence-electron chi connectivity index (χ0n) is 25.6. The number of aliphatic hydroxyl groups excluding tert-OH is 1. The molecule has 1 saturated carbocycles. The fraction of sp³-hybridized carbons (Fsp3) is 0.316. The Kier molecular flexibility index (Phi) is 11.7. The van der Waals surface area contributed by atoms with Crippen LogP contribution in [0.1, 0.15) is 68.1 Å². The van der Waals surface area contributed by atoms with E-state index in [2.05, 4.69) is 44.1 Å².